The lowest BCUT2D eigenvalue weighted by Gasteiger charge is -2.22. The van der Waals surface area contributed by atoms with Crippen LogP contribution in [0.4, 0.5) is 0 Å². The first kappa shape index (κ1) is 14.9. The zero-order valence-electron chi connectivity index (χ0n) is 10.2. The van der Waals surface area contributed by atoms with Gasteiger partial charge in [0.2, 0.25) is 0 Å². The molecule has 0 saturated heterocycles. The molecule has 1 unspecified atom stereocenters. The molecule has 0 aromatic carbocycles. The first-order chi connectivity index (χ1) is 7.91. The van der Waals surface area contributed by atoms with Gasteiger partial charge in [-0.2, -0.15) is 4.31 Å². The maximum Gasteiger partial charge on any atom is 0.254 e. The van der Waals surface area contributed by atoms with Crippen molar-refractivity contribution < 1.29 is 8.42 Å². The van der Waals surface area contributed by atoms with E-state index in [1.54, 1.807) is 0 Å². The van der Waals surface area contributed by atoms with Gasteiger partial charge >= 0.3 is 0 Å². The van der Waals surface area contributed by atoms with Crippen molar-refractivity contribution in [3.8, 4) is 0 Å². The Morgan fingerprint density at radius 1 is 1.53 bits per heavy atom. The van der Waals surface area contributed by atoms with Crippen LogP contribution in [-0.4, -0.2) is 30.8 Å². The highest BCUT2D eigenvalue weighted by molar-refractivity contribution is 7.91. The molecular weight excluding hydrogens is 280 g/mol. The Morgan fingerprint density at radius 3 is 2.59 bits per heavy atom. The highest BCUT2D eigenvalue weighted by atomic mass is 35.5. The molecule has 0 aliphatic carbocycles. The van der Waals surface area contributed by atoms with Gasteiger partial charge in [-0.1, -0.05) is 50.1 Å². The highest BCUT2D eigenvalue weighted by Crippen LogP contribution is 2.26. The summed E-state index contributed by atoms with van der Waals surface area (Å²) in [6, 6.07) is 0. The van der Waals surface area contributed by atoms with E-state index in [4.69, 9.17) is 11.6 Å². The summed E-state index contributed by atoms with van der Waals surface area (Å²) in [7, 11) is -3.43. The van der Waals surface area contributed by atoms with Crippen LogP contribution in [-0.2, 0) is 10.0 Å². The number of sulfonamides is 1. The van der Waals surface area contributed by atoms with Gasteiger partial charge in [0, 0.05) is 13.1 Å². The van der Waals surface area contributed by atoms with E-state index in [1.165, 1.54) is 10.5 Å². The predicted molar refractivity (Wildman–Crippen MR) is 71.0 cm³/mol. The molecule has 0 bridgehead atoms. The van der Waals surface area contributed by atoms with E-state index in [1.807, 2.05) is 13.8 Å². The minimum absolute atomic E-state index is 0.215. The van der Waals surface area contributed by atoms with Crippen molar-refractivity contribution in [2.45, 2.75) is 31.4 Å². The second kappa shape index (κ2) is 6.13. The molecule has 1 aromatic heterocycles. The summed E-state index contributed by atoms with van der Waals surface area (Å²) < 4.78 is 26.5. The second-order valence-electron chi connectivity index (χ2n) is 3.90. The molecule has 0 N–H and O–H groups in total. The number of thiazole rings is 1. The van der Waals surface area contributed by atoms with Gasteiger partial charge in [-0.3, -0.25) is 0 Å². The average Bonchev–Trinajstić information content (AvgIpc) is 2.72. The number of hydrogen-bond acceptors (Lipinski definition) is 4. The quantitative estimate of drug-likeness (QED) is 0.811. The maximum atomic E-state index is 12.3. The largest absolute Gasteiger partial charge is 0.254 e. The van der Waals surface area contributed by atoms with Crippen LogP contribution < -0.4 is 0 Å². The standard InChI is InChI=1S/C10H17ClN2O2S2/c1-4-8(3)7-13(5-2)17(14,15)9-6-12-10(11)16-9/h6,8H,4-5,7H2,1-3H3. The molecule has 17 heavy (non-hydrogen) atoms. The Balaban J connectivity index is 2.94. The number of aromatic nitrogens is 1. The van der Waals surface area contributed by atoms with Crippen LogP contribution in [0.1, 0.15) is 27.2 Å². The van der Waals surface area contributed by atoms with E-state index >= 15 is 0 Å². The van der Waals surface area contributed by atoms with Crippen molar-refractivity contribution in [2.75, 3.05) is 13.1 Å². The lowest BCUT2D eigenvalue weighted by Crippen LogP contribution is -2.34. The van der Waals surface area contributed by atoms with Crippen molar-refractivity contribution in [1.29, 1.82) is 0 Å². The Kier molecular flexibility index (Phi) is 5.37. The molecule has 0 fully saturated rings. The van der Waals surface area contributed by atoms with Gasteiger partial charge in [0.05, 0.1) is 6.20 Å². The summed E-state index contributed by atoms with van der Waals surface area (Å²) in [6.07, 6.45) is 2.27. The Hall–Kier alpha value is -0.170. The van der Waals surface area contributed by atoms with Gasteiger partial charge < -0.3 is 0 Å². The molecule has 1 atom stereocenters. The number of hydrogen-bond donors (Lipinski definition) is 0. The summed E-state index contributed by atoms with van der Waals surface area (Å²) in [4.78, 5) is 3.78. The van der Waals surface area contributed by atoms with E-state index in [9.17, 15) is 8.42 Å². The van der Waals surface area contributed by atoms with Gasteiger partial charge in [-0.05, 0) is 5.92 Å². The molecule has 0 amide bonds. The summed E-state index contributed by atoms with van der Waals surface area (Å²) in [5, 5.41) is 0. The molecule has 7 heteroatoms. The van der Waals surface area contributed by atoms with E-state index in [0.29, 0.717) is 19.0 Å². The van der Waals surface area contributed by atoms with Crippen molar-refractivity contribution in [3.05, 3.63) is 10.7 Å². The Morgan fingerprint density at radius 2 is 2.18 bits per heavy atom. The molecular formula is C10H17ClN2O2S2. The normalized spacial score (nSPS) is 14.2. The van der Waals surface area contributed by atoms with Crippen molar-refractivity contribution in [1.82, 2.24) is 9.29 Å². The minimum Gasteiger partial charge on any atom is -0.232 e. The fourth-order valence-corrected chi connectivity index (χ4v) is 4.38. The van der Waals surface area contributed by atoms with E-state index in [2.05, 4.69) is 11.9 Å². The predicted octanol–water partition coefficient (Wildman–Crippen LogP) is 2.85. The van der Waals surface area contributed by atoms with Crippen LogP contribution in [0, 0.1) is 5.92 Å². The van der Waals surface area contributed by atoms with Gasteiger partial charge in [0.15, 0.2) is 8.68 Å². The lowest BCUT2D eigenvalue weighted by atomic mass is 10.1. The zero-order chi connectivity index (χ0) is 13.1. The van der Waals surface area contributed by atoms with Gasteiger partial charge in [0.25, 0.3) is 10.0 Å². The van der Waals surface area contributed by atoms with E-state index < -0.39 is 10.0 Å². The van der Waals surface area contributed by atoms with Crippen molar-refractivity contribution >= 4 is 33.0 Å². The molecule has 0 aliphatic rings. The smallest absolute Gasteiger partial charge is 0.232 e. The third kappa shape index (κ3) is 3.64. The molecule has 0 saturated carbocycles. The average molecular weight is 297 g/mol. The number of halogens is 1. The third-order valence-corrected chi connectivity index (χ3v) is 6.11. The lowest BCUT2D eigenvalue weighted by molar-refractivity contribution is 0.362. The van der Waals surface area contributed by atoms with Crippen LogP contribution in [0.3, 0.4) is 0 Å². The molecule has 1 rings (SSSR count). The monoisotopic (exact) mass is 296 g/mol. The van der Waals surface area contributed by atoms with Crippen molar-refractivity contribution in [3.63, 3.8) is 0 Å². The van der Waals surface area contributed by atoms with Gasteiger partial charge in [-0.25, -0.2) is 13.4 Å². The highest BCUT2D eigenvalue weighted by Gasteiger charge is 2.26. The minimum atomic E-state index is -3.43. The topological polar surface area (TPSA) is 50.3 Å². The molecule has 4 nitrogen and oxygen atoms in total. The van der Waals surface area contributed by atoms with Crippen LogP contribution in [0.15, 0.2) is 10.4 Å². The summed E-state index contributed by atoms with van der Waals surface area (Å²) in [5.74, 6) is 0.341. The summed E-state index contributed by atoms with van der Waals surface area (Å²) in [5.41, 5.74) is 0. The first-order valence-corrected chi connectivity index (χ1v) is 8.16. The van der Waals surface area contributed by atoms with Gasteiger partial charge in [0.1, 0.15) is 0 Å². The van der Waals surface area contributed by atoms with E-state index in [-0.39, 0.29) is 8.68 Å². The fraction of sp³-hybridized carbons (Fsp3) is 0.700. The molecule has 1 aromatic rings. The Bertz CT molecular complexity index is 459. The number of rotatable bonds is 6. The maximum absolute atomic E-state index is 12.3. The van der Waals surface area contributed by atoms with Crippen LogP contribution in [0.25, 0.3) is 0 Å². The molecule has 0 spiro atoms. The number of nitrogens with zero attached hydrogens (tertiary/aromatic N) is 2. The Labute approximate surface area is 112 Å². The van der Waals surface area contributed by atoms with E-state index in [0.717, 1.165) is 17.8 Å². The summed E-state index contributed by atoms with van der Waals surface area (Å²) in [6.45, 7) is 6.92. The molecule has 0 aliphatic heterocycles. The molecule has 0 radical (unpaired) electrons. The van der Waals surface area contributed by atoms with Crippen molar-refractivity contribution in [2.24, 2.45) is 5.92 Å². The van der Waals surface area contributed by atoms with Crippen LogP contribution >= 0.6 is 22.9 Å². The molecule has 98 valence electrons. The SMILES string of the molecule is CCC(C)CN(CC)S(=O)(=O)c1cnc(Cl)s1. The van der Waals surface area contributed by atoms with Crippen LogP contribution in [0.2, 0.25) is 4.47 Å². The fourth-order valence-electron chi connectivity index (χ4n) is 1.36. The molecule has 1 heterocycles. The van der Waals surface area contributed by atoms with Crippen LogP contribution in [0.5, 0.6) is 0 Å². The third-order valence-electron chi connectivity index (χ3n) is 2.62. The first-order valence-electron chi connectivity index (χ1n) is 5.53. The second-order valence-corrected chi connectivity index (χ2v) is 7.68. The van der Waals surface area contributed by atoms with Gasteiger partial charge in [-0.15, -0.1) is 0 Å². The zero-order valence-corrected chi connectivity index (χ0v) is 12.6. The summed E-state index contributed by atoms with van der Waals surface area (Å²) >= 11 is 6.67.